The molecule has 0 fully saturated rings. The summed E-state index contributed by atoms with van der Waals surface area (Å²) in [6.07, 6.45) is 5.82. The van der Waals surface area contributed by atoms with E-state index in [1.54, 1.807) is 23.9 Å². The van der Waals surface area contributed by atoms with Crippen molar-refractivity contribution in [3.05, 3.63) is 40.0 Å². The van der Waals surface area contributed by atoms with Crippen LogP contribution in [-0.4, -0.2) is 24.5 Å². The lowest BCUT2D eigenvalue weighted by Crippen LogP contribution is -2.24. The number of aliphatic imine (C=N–C) groups is 1. The molecular formula is C12H13Cl2N3S. The van der Waals surface area contributed by atoms with E-state index < -0.39 is 0 Å². The molecular weight excluding hydrogens is 289 g/mol. The molecule has 6 heteroatoms. The number of thioether (sulfide) groups is 1. The van der Waals surface area contributed by atoms with Crippen LogP contribution in [0.1, 0.15) is 0 Å². The van der Waals surface area contributed by atoms with E-state index in [0.717, 1.165) is 11.3 Å². The van der Waals surface area contributed by atoms with Gasteiger partial charge in [-0.15, -0.1) is 11.8 Å². The van der Waals surface area contributed by atoms with Gasteiger partial charge in [0, 0.05) is 24.5 Å². The fraction of sp³-hybridized carbons (Fsp3) is 0.250. The molecule has 2 rings (SSSR count). The average molecular weight is 302 g/mol. The number of nitrogens with zero attached hydrogens (tertiary/aromatic N) is 1. The Bertz CT molecular complexity index is 468. The van der Waals surface area contributed by atoms with E-state index in [0.29, 0.717) is 16.6 Å². The number of rotatable bonds is 4. The van der Waals surface area contributed by atoms with Crippen molar-refractivity contribution in [2.45, 2.75) is 5.50 Å². The quantitative estimate of drug-likeness (QED) is 0.892. The molecule has 1 atom stereocenters. The average Bonchev–Trinajstić information content (AvgIpc) is 2.39. The molecule has 0 saturated carbocycles. The highest BCUT2D eigenvalue weighted by molar-refractivity contribution is 7.99. The van der Waals surface area contributed by atoms with Gasteiger partial charge in [-0.25, -0.2) is 0 Å². The minimum atomic E-state index is 0.109. The molecule has 0 amide bonds. The van der Waals surface area contributed by atoms with Gasteiger partial charge in [0.2, 0.25) is 0 Å². The van der Waals surface area contributed by atoms with Crippen LogP contribution in [0.15, 0.2) is 35.0 Å². The van der Waals surface area contributed by atoms with Crippen molar-refractivity contribution in [1.82, 2.24) is 5.32 Å². The Morgan fingerprint density at radius 3 is 2.67 bits per heavy atom. The smallest absolute Gasteiger partial charge is 0.165 e. The summed E-state index contributed by atoms with van der Waals surface area (Å²) in [5.74, 6) is 0. The molecule has 96 valence electrons. The van der Waals surface area contributed by atoms with Crippen molar-refractivity contribution in [1.29, 1.82) is 0 Å². The number of halogens is 2. The molecule has 1 aliphatic heterocycles. The molecule has 0 saturated heterocycles. The first-order chi connectivity index (χ1) is 8.70. The fourth-order valence-corrected chi connectivity index (χ4v) is 2.42. The first-order valence-corrected chi connectivity index (χ1v) is 7.44. The van der Waals surface area contributed by atoms with E-state index in [-0.39, 0.29) is 5.50 Å². The third kappa shape index (κ3) is 3.34. The zero-order valence-electron chi connectivity index (χ0n) is 9.78. The van der Waals surface area contributed by atoms with E-state index in [9.17, 15) is 0 Å². The molecule has 18 heavy (non-hydrogen) atoms. The number of hydrogen-bond acceptors (Lipinski definition) is 4. The largest absolute Gasteiger partial charge is 0.378 e. The molecule has 1 aliphatic rings. The number of para-hydroxylation sites is 1. The maximum atomic E-state index is 6.07. The number of anilines is 1. The van der Waals surface area contributed by atoms with Crippen LogP contribution in [0.5, 0.6) is 0 Å². The highest BCUT2D eigenvalue weighted by Crippen LogP contribution is 2.29. The van der Waals surface area contributed by atoms with Gasteiger partial charge in [0.1, 0.15) is 0 Å². The van der Waals surface area contributed by atoms with Crippen molar-refractivity contribution >= 4 is 46.9 Å². The van der Waals surface area contributed by atoms with Gasteiger partial charge in [-0.05, 0) is 18.4 Å². The Hall–Kier alpha value is -0.840. The SMILES string of the molecule is CSC1N=CC(CNc2c(Cl)cccc2Cl)=CN1. The number of nitrogens with one attached hydrogen (secondary N) is 2. The number of hydrogen-bond donors (Lipinski definition) is 2. The second-order valence-electron chi connectivity index (χ2n) is 3.70. The number of benzene rings is 1. The molecule has 0 aliphatic carbocycles. The molecule has 0 radical (unpaired) electrons. The van der Waals surface area contributed by atoms with Gasteiger partial charge in [-0.3, -0.25) is 4.99 Å². The maximum absolute atomic E-state index is 6.07. The molecule has 3 nitrogen and oxygen atoms in total. The summed E-state index contributed by atoms with van der Waals surface area (Å²) in [6, 6.07) is 5.43. The Morgan fingerprint density at radius 1 is 1.39 bits per heavy atom. The highest BCUT2D eigenvalue weighted by Gasteiger charge is 2.08. The summed E-state index contributed by atoms with van der Waals surface area (Å²) in [6.45, 7) is 0.626. The molecule has 2 N–H and O–H groups in total. The summed E-state index contributed by atoms with van der Waals surface area (Å²) in [5, 5.41) is 7.63. The predicted octanol–water partition coefficient (Wildman–Crippen LogP) is 3.61. The molecule has 1 unspecified atom stereocenters. The lowest BCUT2D eigenvalue weighted by molar-refractivity contribution is 0.808. The van der Waals surface area contributed by atoms with E-state index in [2.05, 4.69) is 15.6 Å². The Morgan fingerprint density at radius 2 is 2.11 bits per heavy atom. The minimum Gasteiger partial charge on any atom is -0.378 e. The van der Waals surface area contributed by atoms with E-state index in [1.165, 1.54) is 0 Å². The molecule has 1 aromatic carbocycles. The Balaban J connectivity index is 1.97. The van der Waals surface area contributed by atoms with Crippen LogP contribution in [0.3, 0.4) is 0 Å². The van der Waals surface area contributed by atoms with Crippen LogP contribution in [0.2, 0.25) is 10.0 Å². The van der Waals surface area contributed by atoms with Crippen molar-refractivity contribution in [3.63, 3.8) is 0 Å². The van der Waals surface area contributed by atoms with Crippen molar-refractivity contribution in [3.8, 4) is 0 Å². The maximum Gasteiger partial charge on any atom is 0.165 e. The molecule has 1 aromatic rings. The first-order valence-electron chi connectivity index (χ1n) is 5.39. The van der Waals surface area contributed by atoms with Crippen molar-refractivity contribution < 1.29 is 0 Å². The summed E-state index contributed by atoms with van der Waals surface area (Å²) in [5.41, 5.74) is 1.91. The van der Waals surface area contributed by atoms with Gasteiger partial charge in [-0.2, -0.15) is 0 Å². The zero-order chi connectivity index (χ0) is 13.0. The van der Waals surface area contributed by atoms with E-state index in [4.69, 9.17) is 23.2 Å². The first kappa shape index (κ1) is 13.6. The third-order valence-corrected chi connectivity index (χ3v) is 3.78. The lowest BCUT2D eigenvalue weighted by atomic mass is 10.2. The molecule has 1 heterocycles. The standard InChI is InChI=1S/C12H13Cl2N3S/c1-18-12-16-6-8(7-17-12)5-15-11-9(13)3-2-4-10(11)14/h2-4,6-7,12,15-16H,5H2,1H3. The van der Waals surface area contributed by atoms with E-state index in [1.807, 2.05) is 24.7 Å². The minimum absolute atomic E-state index is 0.109. The highest BCUT2D eigenvalue weighted by atomic mass is 35.5. The monoisotopic (exact) mass is 301 g/mol. The van der Waals surface area contributed by atoms with Crippen LogP contribution >= 0.6 is 35.0 Å². The van der Waals surface area contributed by atoms with Gasteiger partial charge in [0.25, 0.3) is 0 Å². The fourth-order valence-electron chi connectivity index (χ4n) is 1.50. The van der Waals surface area contributed by atoms with Gasteiger partial charge in [0.05, 0.1) is 15.7 Å². The predicted molar refractivity (Wildman–Crippen MR) is 82.0 cm³/mol. The van der Waals surface area contributed by atoms with Crippen LogP contribution in [0, 0.1) is 0 Å². The normalized spacial score (nSPS) is 18.2. The van der Waals surface area contributed by atoms with Crippen LogP contribution < -0.4 is 10.6 Å². The van der Waals surface area contributed by atoms with Crippen LogP contribution in [-0.2, 0) is 0 Å². The summed E-state index contributed by atoms with van der Waals surface area (Å²) in [7, 11) is 0. The van der Waals surface area contributed by atoms with Gasteiger partial charge < -0.3 is 10.6 Å². The zero-order valence-corrected chi connectivity index (χ0v) is 12.1. The summed E-state index contributed by atoms with van der Waals surface area (Å²) in [4.78, 5) is 4.34. The van der Waals surface area contributed by atoms with Crippen molar-refractivity contribution in [2.24, 2.45) is 4.99 Å². The molecule has 0 spiro atoms. The third-order valence-electron chi connectivity index (χ3n) is 2.44. The van der Waals surface area contributed by atoms with Gasteiger partial charge >= 0.3 is 0 Å². The van der Waals surface area contributed by atoms with Crippen LogP contribution in [0.4, 0.5) is 5.69 Å². The topological polar surface area (TPSA) is 36.4 Å². The lowest BCUT2D eigenvalue weighted by Gasteiger charge is -2.17. The Kier molecular flexibility index (Phi) is 4.80. The summed E-state index contributed by atoms with van der Waals surface area (Å²) < 4.78 is 0. The van der Waals surface area contributed by atoms with Crippen molar-refractivity contribution in [2.75, 3.05) is 18.1 Å². The summed E-state index contributed by atoms with van der Waals surface area (Å²) >= 11 is 13.8. The second-order valence-corrected chi connectivity index (χ2v) is 5.43. The van der Waals surface area contributed by atoms with E-state index >= 15 is 0 Å². The Labute approximate surface area is 121 Å². The molecule has 0 aromatic heterocycles. The van der Waals surface area contributed by atoms with Crippen LogP contribution in [0.25, 0.3) is 0 Å². The van der Waals surface area contributed by atoms with Gasteiger partial charge in [-0.1, -0.05) is 29.3 Å². The molecule has 0 bridgehead atoms. The van der Waals surface area contributed by atoms with Gasteiger partial charge in [0.15, 0.2) is 5.50 Å². The second kappa shape index (κ2) is 6.36.